The molecule has 1 unspecified atom stereocenters. The van der Waals surface area contributed by atoms with Crippen LogP contribution in [0.1, 0.15) is 77.9 Å². The summed E-state index contributed by atoms with van der Waals surface area (Å²) >= 11 is 0. The SMILES string of the molecule is CN(C)C(=O)c1ccc(C(=O)C=C(N)C(=O)N[C@@H]2CCc3ccc(OCC(=O)NCCNC(=O)COc4cccc5c4C(=O)N(C4CCC(=O)NC4=O)C5=O)cc32)cc1O. The van der Waals surface area contributed by atoms with Crippen molar-refractivity contribution in [3.05, 3.63) is 99.8 Å². The smallest absolute Gasteiger partial charge is 0.267 e. The molecule has 1 fully saturated rings. The molecule has 1 saturated heterocycles. The molecule has 3 aromatic rings. The third kappa shape index (κ3) is 9.25. The van der Waals surface area contributed by atoms with Gasteiger partial charge in [0.05, 0.1) is 22.7 Å². The summed E-state index contributed by atoms with van der Waals surface area (Å²) in [6.07, 6.45) is 2.09. The van der Waals surface area contributed by atoms with Crippen LogP contribution in [0.15, 0.2) is 66.4 Å². The minimum Gasteiger partial charge on any atom is -0.507 e. The quantitative estimate of drug-likeness (QED) is 0.0511. The average molecular weight is 824 g/mol. The highest BCUT2D eigenvalue weighted by Crippen LogP contribution is 2.35. The van der Waals surface area contributed by atoms with E-state index < -0.39 is 71.7 Å². The predicted molar refractivity (Wildman–Crippen MR) is 208 cm³/mol. The molecular weight excluding hydrogens is 782 g/mol. The van der Waals surface area contributed by atoms with E-state index in [1.165, 1.54) is 49.3 Å². The normalized spacial score (nSPS) is 17.0. The molecule has 2 aliphatic heterocycles. The first-order chi connectivity index (χ1) is 28.6. The van der Waals surface area contributed by atoms with E-state index in [4.69, 9.17) is 15.2 Å². The van der Waals surface area contributed by atoms with Crippen LogP contribution in [0.3, 0.4) is 0 Å². The molecule has 3 aromatic carbocycles. The largest absolute Gasteiger partial charge is 0.507 e. The van der Waals surface area contributed by atoms with Crippen molar-refractivity contribution in [3.8, 4) is 17.2 Å². The molecule has 8 amide bonds. The number of ether oxygens (including phenoxy) is 2. The minimum absolute atomic E-state index is 0.00560. The van der Waals surface area contributed by atoms with Crippen LogP contribution >= 0.6 is 0 Å². The number of phenols is 1. The molecule has 6 rings (SSSR count). The number of carbonyl (C=O) groups is 9. The monoisotopic (exact) mass is 823 g/mol. The highest BCUT2D eigenvalue weighted by Gasteiger charge is 2.46. The standard InChI is InChI=1S/C41H41N7O12/c1-47(2)39(56)24-10-7-22(16-31(24)50)30(49)18-27(42)37(54)45-28-11-8-21-6-9-23(17-26(21)28)59-19-34(52)43-14-15-44-35(53)20-60-32-5-3-4-25-36(32)41(58)48(40(25)57)29-12-13-33(51)46-38(29)55/h3-7,9-10,16-18,28-29,50H,8,11-15,19-20,42H2,1-2H3,(H,43,52)(H,44,53)(H,45,54)(H,46,51,55)/t28-,29?/m1/s1. The molecule has 1 aliphatic carbocycles. The van der Waals surface area contributed by atoms with Crippen molar-refractivity contribution >= 4 is 53.0 Å². The second-order valence-corrected chi connectivity index (χ2v) is 14.2. The molecule has 19 nitrogen and oxygen atoms in total. The van der Waals surface area contributed by atoms with Gasteiger partial charge in [-0.05, 0) is 72.9 Å². The van der Waals surface area contributed by atoms with Crippen LogP contribution in [-0.4, -0.2) is 114 Å². The van der Waals surface area contributed by atoms with Crippen molar-refractivity contribution in [2.24, 2.45) is 5.73 Å². The van der Waals surface area contributed by atoms with Crippen molar-refractivity contribution in [3.63, 3.8) is 0 Å². The molecular formula is C41H41N7O12. The Kier molecular flexibility index (Phi) is 12.6. The van der Waals surface area contributed by atoms with E-state index >= 15 is 0 Å². The first-order valence-corrected chi connectivity index (χ1v) is 18.8. The summed E-state index contributed by atoms with van der Waals surface area (Å²) in [5.41, 5.74) is 7.24. The second kappa shape index (κ2) is 17.9. The lowest BCUT2D eigenvalue weighted by Crippen LogP contribution is -2.54. The number of piperidine rings is 1. The van der Waals surface area contributed by atoms with E-state index in [2.05, 4.69) is 21.3 Å². The molecule has 0 radical (unpaired) electrons. The number of amides is 8. The van der Waals surface area contributed by atoms with Crippen LogP contribution in [0.2, 0.25) is 0 Å². The number of imide groups is 2. The van der Waals surface area contributed by atoms with Gasteiger partial charge in [0.25, 0.3) is 35.4 Å². The van der Waals surface area contributed by atoms with Gasteiger partial charge in [0.1, 0.15) is 29.0 Å². The number of hydrogen-bond donors (Lipinski definition) is 6. The van der Waals surface area contributed by atoms with Gasteiger partial charge in [0.2, 0.25) is 11.8 Å². The highest BCUT2D eigenvalue weighted by molar-refractivity contribution is 6.24. The number of carbonyl (C=O) groups excluding carboxylic acids is 9. The highest BCUT2D eigenvalue weighted by atomic mass is 16.5. The van der Waals surface area contributed by atoms with Gasteiger partial charge in [0, 0.05) is 45.2 Å². The van der Waals surface area contributed by atoms with Crippen LogP contribution in [0.5, 0.6) is 17.2 Å². The summed E-state index contributed by atoms with van der Waals surface area (Å²) in [5, 5.41) is 20.4. The maximum atomic E-state index is 13.2. The average Bonchev–Trinajstić information content (AvgIpc) is 3.73. The lowest BCUT2D eigenvalue weighted by molar-refractivity contribution is -0.136. The van der Waals surface area contributed by atoms with E-state index in [0.29, 0.717) is 18.6 Å². The predicted octanol–water partition coefficient (Wildman–Crippen LogP) is 0.0144. The number of aryl methyl sites for hydroxylation is 1. The zero-order valence-electron chi connectivity index (χ0n) is 32.5. The molecule has 0 spiro atoms. The number of rotatable bonds is 15. The van der Waals surface area contributed by atoms with Crippen LogP contribution in [0.4, 0.5) is 0 Å². The number of ketones is 1. The Morgan fingerprint density at radius 2 is 1.62 bits per heavy atom. The van der Waals surface area contributed by atoms with E-state index in [1.807, 2.05) is 6.07 Å². The number of phenolic OH excluding ortho intramolecular Hbond substituents is 1. The van der Waals surface area contributed by atoms with Gasteiger partial charge in [-0.2, -0.15) is 0 Å². The molecule has 312 valence electrons. The number of benzene rings is 3. The number of nitrogens with zero attached hydrogens (tertiary/aromatic N) is 2. The van der Waals surface area contributed by atoms with Crippen LogP contribution in [0.25, 0.3) is 0 Å². The zero-order valence-corrected chi connectivity index (χ0v) is 32.5. The summed E-state index contributed by atoms with van der Waals surface area (Å²) in [4.78, 5) is 115. The summed E-state index contributed by atoms with van der Waals surface area (Å²) < 4.78 is 11.2. The number of fused-ring (bicyclic) bond motifs is 2. The fraction of sp³-hybridized carbons (Fsp3) is 0.293. The molecule has 0 saturated carbocycles. The number of nitrogens with one attached hydrogen (secondary N) is 4. The Morgan fingerprint density at radius 1 is 0.900 bits per heavy atom. The van der Waals surface area contributed by atoms with Gasteiger partial charge in [-0.3, -0.25) is 53.4 Å². The summed E-state index contributed by atoms with van der Waals surface area (Å²) in [6, 6.07) is 11.7. The van der Waals surface area contributed by atoms with Gasteiger partial charge < -0.3 is 41.2 Å². The van der Waals surface area contributed by atoms with Crippen molar-refractivity contribution in [2.45, 2.75) is 37.8 Å². The van der Waals surface area contributed by atoms with Crippen LogP contribution < -0.4 is 36.5 Å². The minimum atomic E-state index is -1.15. The molecule has 7 N–H and O–H groups in total. The third-order valence-corrected chi connectivity index (χ3v) is 9.90. The van der Waals surface area contributed by atoms with Crippen molar-refractivity contribution in [1.82, 2.24) is 31.1 Å². The molecule has 19 heteroatoms. The summed E-state index contributed by atoms with van der Waals surface area (Å²) in [7, 11) is 3.05. The summed E-state index contributed by atoms with van der Waals surface area (Å²) in [6.45, 7) is -0.805. The van der Waals surface area contributed by atoms with Crippen LogP contribution in [-0.2, 0) is 30.4 Å². The number of hydrogen-bond acceptors (Lipinski definition) is 13. The Bertz CT molecular complexity index is 2360. The van der Waals surface area contributed by atoms with Crippen molar-refractivity contribution < 1.29 is 57.7 Å². The van der Waals surface area contributed by atoms with Gasteiger partial charge in [-0.25, -0.2) is 0 Å². The molecule has 3 aliphatic rings. The Morgan fingerprint density at radius 3 is 2.30 bits per heavy atom. The first-order valence-electron chi connectivity index (χ1n) is 18.8. The Hall–Kier alpha value is -7.57. The van der Waals surface area contributed by atoms with Gasteiger partial charge >= 0.3 is 0 Å². The molecule has 2 atom stereocenters. The van der Waals surface area contributed by atoms with E-state index in [1.54, 1.807) is 12.1 Å². The molecule has 2 heterocycles. The van der Waals surface area contributed by atoms with E-state index in [0.717, 1.165) is 28.2 Å². The van der Waals surface area contributed by atoms with Gasteiger partial charge in [-0.1, -0.05) is 12.1 Å². The fourth-order valence-electron chi connectivity index (χ4n) is 6.86. The second-order valence-electron chi connectivity index (χ2n) is 14.2. The fourth-order valence-corrected chi connectivity index (χ4v) is 6.86. The van der Waals surface area contributed by atoms with Crippen molar-refractivity contribution in [2.75, 3.05) is 40.4 Å². The van der Waals surface area contributed by atoms with E-state index in [9.17, 15) is 48.3 Å². The Labute approximate surface area is 342 Å². The zero-order chi connectivity index (χ0) is 43.2. The molecule has 0 aromatic heterocycles. The lowest BCUT2D eigenvalue weighted by Gasteiger charge is -2.27. The number of aromatic hydroxyl groups is 1. The third-order valence-electron chi connectivity index (χ3n) is 9.90. The maximum absolute atomic E-state index is 13.2. The lowest BCUT2D eigenvalue weighted by atomic mass is 10.0. The molecule has 60 heavy (non-hydrogen) atoms. The topological polar surface area (TPSA) is 273 Å². The van der Waals surface area contributed by atoms with Crippen LogP contribution in [0, 0.1) is 0 Å². The number of nitrogens with two attached hydrogens (primary N) is 1. The Balaban J connectivity index is 0.927. The summed E-state index contributed by atoms with van der Waals surface area (Å²) in [5.74, 6) is -5.64. The van der Waals surface area contributed by atoms with E-state index in [-0.39, 0.29) is 72.0 Å². The molecule has 0 bridgehead atoms. The van der Waals surface area contributed by atoms with Crippen molar-refractivity contribution in [1.29, 1.82) is 0 Å². The number of allylic oxidation sites excluding steroid dienone is 1. The maximum Gasteiger partial charge on any atom is 0.267 e. The first kappa shape index (κ1) is 42.0. The van der Waals surface area contributed by atoms with Gasteiger partial charge in [0.15, 0.2) is 19.0 Å². The van der Waals surface area contributed by atoms with Gasteiger partial charge in [-0.15, -0.1) is 0 Å².